The summed E-state index contributed by atoms with van der Waals surface area (Å²) in [6.45, 7) is 2.24. The van der Waals surface area contributed by atoms with Crippen LogP contribution in [0.1, 0.15) is 82.6 Å². The number of allylic oxidation sites excluding steroid dienone is 2. The van der Waals surface area contributed by atoms with Crippen LogP contribution in [0.2, 0.25) is 0 Å². The Balaban J connectivity index is 1.47. The molecule has 1 aromatic rings. The van der Waals surface area contributed by atoms with Gasteiger partial charge in [0.05, 0.1) is 12.0 Å². The second-order valence-electron chi connectivity index (χ2n) is 9.12. The van der Waals surface area contributed by atoms with Crippen molar-refractivity contribution in [3.05, 3.63) is 41.7 Å². The molecule has 6 heteroatoms. The highest BCUT2D eigenvalue weighted by molar-refractivity contribution is 5.75. The summed E-state index contributed by atoms with van der Waals surface area (Å²) in [4.78, 5) is 12.4. The number of benzene rings is 1. The average molecular weight is 441 g/mol. The first-order chi connectivity index (χ1) is 14.7. The molecular formula is C25H32F4O2. The number of hydrogen-bond donors (Lipinski definition) is 0. The Hall–Kier alpha value is -1.85. The molecule has 0 N–H and O–H groups in total. The number of ether oxygens (including phenoxy) is 1. The Morgan fingerprint density at radius 2 is 1.55 bits per heavy atom. The molecule has 2 aliphatic carbocycles. The van der Waals surface area contributed by atoms with E-state index in [1.807, 2.05) is 24.3 Å². The van der Waals surface area contributed by atoms with Gasteiger partial charge in [-0.1, -0.05) is 31.9 Å². The van der Waals surface area contributed by atoms with Crippen LogP contribution < -0.4 is 4.74 Å². The Morgan fingerprint density at radius 3 is 2.10 bits per heavy atom. The lowest BCUT2D eigenvalue weighted by Crippen LogP contribution is -2.26. The highest BCUT2D eigenvalue weighted by atomic mass is 19.4. The number of rotatable bonds is 6. The molecule has 0 heterocycles. The summed E-state index contributed by atoms with van der Waals surface area (Å²) in [6.07, 6.45) is 3.70. The summed E-state index contributed by atoms with van der Waals surface area (Å²) >= 11 is 0. The molecule has 0 unspecified atom stereocenters. The third-order valence-electron chi connectivity index (χ3n) is 6.87. The van der Waals surface area contributed by atoms with Crippen LogP contribution in [0.3, 0.4) is 0 Å². The summed E-state index contributed by atoms with van der Waals surface area (Å²) in [6, 6.07) is 7.70. The van der Waals surface area contributed by atoms with Crippen LogP contribution in [0.25, 0.3) is 0 Å². The summed E-state index contributed by atoms with van der Waals surface area (Å²) in [5.41, 5.74) is 1.28. The van der Waals surface area contributed by atoms with E-state index in [1.165, 1.54) is 44.1 Å². The SMILES string of the molecule is CCCC1CCC(c2ccc(OC(=O)C3CCC(C(F)=CC(F)(F)F)CC3)cc2)CC1. The van der Waals surface area contributed by atoms with Crippen LogP contribution in [0, 0.1) is 17.8 Å². The van der Waals surface area contributed by atoms with Crippen molar-refractivity contribution in [3.8, 4) is 5.75 Å². The van der Waals surface area contributed by atoms with Gasteiger partial charge >= 0.3 is 12.1 Å². The van der Waals surface area contributed by atoms with E-state index in [-0.39, 0.29) is 24.9 Å². The fourth-order valence-corrected chi connectivity index (χ4v) is 5.08. The van der Waals surface area contributed by atoms with Crippen molar-refractivity contribution < 1.29 is 27.1 Å². The standard InChI is InChI=1S/C25H32F4O2/c1-2-3-17-4-6-18(7-5-17)19-12-14-22(15-13-19)31-24(30)21-10-8-20(9-11-21)23(26)16-25(27,28)29/h12-18,20-21H,2-11H2,1H3. The van der Waals surface area contributed by atoms with Gasteiger partial charge in [0.25, 0.3) is 0 Å². The van der Waals surface area contributed by atoms with Gasteiger partial charge in [-0.25, -0.2) is 4.39 Å². The molecule has 2 saturated carbocycles. The maximum atomic E-state index is 13.7. The molecule has 3 rings (SSSR count). The van der Waals surface area contributed by atoms with Crippen LogP contribution >= 0.6 is 0 Å². The minimum atomic E-state index is -4.65. The van der Waals surface area contributed by atoms with Gasteiger partial charge in [-0.05, 0) is 80.9 Å². The molecule has 31 heavy (non-hydrogen) atoms. The van der Waals surface area contributed by atoms with E-state index in [0.717, 1.165) is 5.92 Å². The molecule has 0 aliphatic heterocycles. The van der Waals surface area contributed by atoms with E-state index in [9.17, 15) is 22.4 Å². The van der Waals surface area contributed by atoms with Crippen molar-refractivity contribution in [2.75, 3.05) is 0 Å². The molecule has 1 aromatic carbocycles. The largest absolute Gasteiger partial charge is 0.426 e. The number of carbonyl (C=O) groups is 1. The Bertz CT molecular complexity index is 738. The molecular weight excluding hydrogens is 408 g/mol. The molecule has 0 spiro atoms. The molecule has 0 bridgehead atoms. The second-order valence-corrected chi connectivity index (χ2v) is 9.12. The molecule has 0 amide bonds. The fourth-order valence-electron chi connectivity index (χ4n) is 5.08. The minimum Gasteiger partial charge on any atom is -0.426 e. The zero-order chi connectivity index (χ0) is 22.4. The zero-order valence-electron chi connectivity index (χ0n) is 18.1. The molecule has 172 valence electrons. The molecule has 0 atom stereocenters. The molecule has 2 nitrogen and oxygen atoms in total. The Kier molecular flexibility index (Phi) is 8.17. The molecule has 0 aromatic heterocycles. The number of carbonyl (C=O) groups excluding carboxylic acids is 1. The third kappa shape index (κ3) is 7.08. The summed E-state index contributed by atoms with van der Waals surface area (Å²) in [5, 5.41) is 0. The van der Waals surface area contributed by atoms with E-state index in [0.29, 0.717) is 24.5 Å². The lowest BCUT2D eigenvalue weighted by Gasteiger charge is -2.28. The monoisotopic (exact) mass is 440 g/mol. The van der Waals surface area contributed by atoms with E-state index in [4.69, 9.17) is 4.74 Å². The van der Waals surface area contributed by atoms with Gasteiger partial charge < -0.3 is 4.74 Å². The van der Waals surface area contributed by atoms with Gasteiger partial charge in [0.2, 0.25) is 0 Å². The molecule has 0 radical (unpaired) electrons. The number of esters is 1. The first kappa shape index (κ1) is 23.8. The Morgan fingerprint density at radius 1 is 0.968 bits per heavy atom. The van der Waals surface area contributed by atoms with Crippen molar-refractivity contribution in [3.63, 3.8) is 0 Å². The summed E-state index contributed by atoms with van der Waals surface area (Å²) in [5.74, 6) is -0.786. The van der Waals surface area contributed by atoms with Crippen LogP contribution in [-0.2, 0) is 4.79 Å². The van der Waals surface area contributed by atoms with Crippen LogP contribution in [0.4, 0.5) is 17.6 Å². The van der Waals surface area contributed by atoms with Gasteiger partial charge in [0.1, 0.15) is 11.6 Å². The number of alkyl halides is 3. The van der Waals surface area contributed by atoms with Gasteiger partial charge in [-0.2, -0.15) is 13.2 Å². The smallest absolute Gasteiger partial charge is 0.412 e. The van der Waals surface area contributed by atoms with Gasteiger partial charge in [-0.3, -0.25) is 4.79 Å². The van der Waals surface area contributed by atoms with Gasteiger partial charge in [-0.15, -0.1) is 0 Å². The van der Waals surface area contributed by atoms with Crippen molar-refractivity contribution in [2.24, 2.45) is 17.8 Å². The lowest BCUT2D eigenvalue weighted by molar-refractivity contribution is -0.140. The normalized spacial score (nSPS) is 27.7. The minimum absolute atomic E-state index is 0.220. The van der Waals surface area contributed by atoms with Crippen LogP contribution in [0.15, 0.2) is 36.2 Å². The predicted molar refractivity (Wildman–Crippen MR) is 112 cm³/mol. The first-order valence-electron chi connectivity index (χ1n) is 11.5. The van der Waals surface area contributed by atoms with E-state index >= 15 is 0 Å². The van der Waals surface area contributed by atoms with E-state index in [1.54, 1.807) is 0 Å². The van der Waals surface area contributed by atoms with Crippen molar-refractivity contribution in [1.82, 2.24) is 0 Å². The van der Waals surface area contributed by atoms with Crippen LogP contribution in [0.5, 0.6) is 5.75 Å². The quantitative estimate of drug-likeness (QED) is 0.255. The van der Waals surface area contributed by atoms with Gasteiger partial charge in [0, 0.05) is 5.92 Å². The number of halogens is 4. The average Bonchev–Trinajstić information content (AvgIpc) is 2.74. The molecule has 2 aliphatic rings. The first-order valence-corrected chi connectivity index (χ1v) is 11.5. The third-order valence-corrected chi connectivity index (χ3v) is 6.87. The maximum Gasteiger partial charge on any atom is 0.412 e. The van der Waals surface area contributed by atoms with E-state index in [2.05, 4.69) is 6.92 Å². The molecule has 2 fully saturated rings. The maximum absolute atomic E-state index is 13.7. The second kappa shape index (κ2) is 10.6. The Labute approximate surface area is 182 Å². The lowest BCUT2D eigenvalue weighted by atomic mass is 9.77. The highest BCUT2D eigenvalue weighted by Crippen LogP contribution is 2.39. The van der Waals surface area contributed by atoms with Crippen molar-refractivity contribution in [2.45, 2.75) is 83.2 Å². The van der Waals surface area contributed by atoms with Crippen LogP contribution in [-0.4, -0.2) is 12.1 Å². The topological polar surface area (TPSA) is 26.3 Å². The van der Waals surface area contributed by atoms with E-state index < -0.39 is 23.8 Å². The summed E-state index contributed by atoms with van der Waals surface area (Å²) in [7, 11) is 0. The highest BCUT2D eigenvalue weighted by Gasteiger charge is 2.33. The summed E-state index contributed by atoms with van der Waals surface area (Å²) < 4.78 is 56.2. The predicted octanol–water partition coefficient (Wildman–Crippen LogP) is 7.89. The molecule has 0 saturated heterocycles. The van der Waals surface area contributed by atoms with Crippen molar-refractivity contribution >= 4 is 5.97 Å². The zero-order valence-corrected chi connectivity index (χ0v) is 18.1. The van der Waals surface area contributed by atoms with Crippen molar-refractivity contribution in [1.29, 1.82) is 0 Å². The fraction of sp³-hybridized carbons (Fsp3) is 0.640. The number of hydrogen-bond acceptors (Lipinski definition) is 2. The van der Waals surface area contributed by atoms with Gasteiger partial charge in [0.15, 0.2) is 0 Å².